The smallest absolute Gasteiger partial charge is 0.272 e. The van der Waals surface area contributed by atoms with Gasteiger partial charge in [-0.15, -0.1) is 0 Å². The van der Waals surface area contributed by atoms with Gasteiger partial charge in [-0.3, -0.25) is 43.3 Å². The van der Waals surface area contributed by atoms with Crippen molar-refractivity contribution in [3.8, 4) is 0 Å². The van der Waals surface area contributed by atoms with Crippen molar-refractivity contribution >= 4 is 46.8 Å². The normalized spacial score (nSPS) is 20.2. The van der Waals surface area contributed by atoms with Gasteiger partial charge < -0.3 is 20.9 Å². The second-order valence-corrected chi connectivity index (χ2v) is 17.9. The van der Waals surface area contributed by atoms with Crippen LogP contribution in [-0.4, -0.2) is 87.8 Å². The molecule has 3 aliphatic carbocycles. The van der Waals surface area contributed by atoms with Gasteiger partial charge in [-0.05, 0) is 62.3 Å². The Morgan fingerprint density at radius 1 is 0.758 bits per heavy atom. The molecule has 1 heterocycles. The molecule has 0 spiro atoms. The molecule has 0 bridgehead atoms. The Balaban J connectivity index is 1.21. The van der Waals surface area contributed by atoms with E-state index in [0.29, 0.717) is 37.7 Å². The number of benzene rings is 1. The second-order valence-electron chi connectivity index (χ2n) is 17.9. The molecule has 0 radical (unpaired) electrons. The van der Waals surface area contributed by atoms with Crippen molar-refractivity contribution in [2.24, 2.45) is 29.6 Å². The molecule has 2 aromatic rings. The van der Waals surface area contributed by atoms with Crippen LogP contribution >= 0.6 is 0 Å². The van der Waals surface area contributed by atoms with Gasteiger partial charge in [0, 0.05) is 76.0 Å². The first-order chi connectivity index (χ1) is 29.9. The fourth-order valence-electron chi connectivity index (χ4n) is 9.79. The molecule has 0 aliphatic heterocycles. The molecule has 5 rings (SSSR count). The zero-order chi connectivity index (χ0) is 44.6. The van der Waals surface area contributed by atoms with Crippen LogP contribution < -0.4 is 16.0 Å². The van der Waals surface area contributed by atoms with Crippen molar-refractivity contribution in [3.63, 3.8) is 0 Å². The molecule has 1 aromatic carbocycles. The van der Waals surface area contributed by atoms with Crippen molar-refractivity contribution in [3.05, 3.63) is 60.2 Å². The van der Waals surface area contributed by atoms with E-state index in [9.17, 15) is 38.4 Å². The third-order valence-electron chi connectivity index (χ3n) is 13.2. The number of aromatic nitrogens is 2. The van der Waals surface area contributed by atoms with Crippen molar-refractivity contribution in [2.45, 2.75) is 147 Å². The average Bonchev–Trinajstić information content (AvgIpc) is 3.76. The van der Waals surface area contributed by atoms with Crippen LogP contribution in [0, 0.1) is 29.6 Å². The molecule has 3 fully saturated rings. The predicted octanol–water partition coefficient (Wildman–Crippen LogP) is 5.84. The fraction of sp³-hybridized carbons (Fsp3) is 0.625. The number of amides is 4. The molecule has 4 amide bonds. The lowest BCUT2D eigenvalue weighted by atomic mass is 9.74. The minimum Gasteiger partial charge on any atom is -0.352 e. The van der Waals surface area contributed by atoms with Crippen LogP contribution in [0.15, 0.2) is 48.9 Å². The van der Waals surface area contributed by atoms with E-state index in [2.05, 4.69) is 25.9 Å². The summed E-state index contributed by atoms with van der Waals surface area (Å²) in [7, 11) is 3.17. The summed E-state index contributed by atoms with van der Waals surface area (Å²) in [5.74, 6) is -5.46. The molecular formula is C48H66N6O8. The standard InChI is InChI=1S/C48H66N6O8/c1-4-15-34(45(59)39(55)24-25-42(58)52-44(48(62)54(2)3)33-20-12-7-13-21-33)28-40(56)35-22-14-23-37(35)51-46(60)36(31-16-8-5-9-17-31)29-41(57)43(32-18-10-6-11-19-32)53-47(61)38-30-49-26-27-50-38/h7,12-13,20-21,26-27,30-32,34-37,43-44H,4-6,8-11,14-19,22-25,28-29H2,1-3H3,(H,51,60)(H,52,58)(H,53,61)/t34-,35-,36+,37+,43+,44+/m1/s1. The number of likely N-dealkylation sites (N-methyl/N-ethyl adjacent to an activating group) is 1. The van der Waals surface area contributed by atoms with E-state index in [1.54, 1.807) is 44.4 Å². The van der Waals surface area contributed by atoms with Crippen LogP contribution in [0.3, 0.4) is 0 Å². The van der Waals surface area contributed by atoms with Gasteiger partial charge >= 0.3 is 0 Å². The molecule has 336 valence electrons. The summed E-state index contributed by atoms with van der Waals surface area (Å²) in [6, 6.07) is 6.59. The largest absolute Gasteiger partial charge is 0.352 e. The lowest BCUT2D eigenvalue weighted by molar-refractivity contribution is -0.141. The van der Waals surface area contributed by atoms with E-state index in [-0.39, 0.29) is 66.6 Å². The number of Topliss-reactive ketones (excluding diaryl/α,β-unsaturated/α-hetero) is 4. The number of carbonyl (C=O) groups excluding carboxylic acids is 8. The third kappa shape index (κ3) is 13.4. The number of carbonyl (C=O) groups is 8. The quantitative estimate of drug-likeness (QED) is 0.121. The molecule has 0 saturated heterocycles. The van der Waals surface area contributed by atoms with Gasteiger partial charge in [0.05, 0.1) is 12.2 Å². The molecule has 3 N–H and O–H groups in total. The van der Waals surface area contributed by atoms with E-state index in [0.717, 1.165) is 64.2 Å². The summed E-state index contributed by atoms with van der Waals surface area (Å²) in [5.41, 5.74) is 0.716. The number of rotatable bonds is 22. The molecule has 14 nitrogen and oxygen atoms in total. The van der Waals surface area contributed by atoms with Crippen molar-refractivity contribution < 1.29 is 38.4 Å². The maximum Gasteiger partial charge on any atom is 0.272 e. The third-order valence-corrected chi connectivity index (χ3v) is 13.2. The van der Waals surface area contributed by atoms with Crippen LogP contribution in [-0.2, 0) is 33.6 Å². The first-order valence-corrected chi connectivity index (χ1v) is 22.9. The second kappa shape index (κ2) is 23.9. The molecular weight excluding hydrogens is 789 g/mol. The lowest BCUT2D eigenvalue weighted by Gasteiger charge is -2.34. The van der Waals surface area contributed by atoms with Gasteiger partial charge in [0.2, 0.25) is 23.5 Å². The summed E-state index contributed by atoms with van der Waals surface area (Å²) in [4.78, 5) is 118. The van der Waals surface area contributed by atoms with E-state index in [1.807, 2.05) is 6.92 Å². The Morgan fingerprint density at radius 2 is 1.44 bits per heavy atom. The summed E-state index contributed by atoms with van der Waals surface area (Å²) in [6.07, 6.45) is 15.4. The van der Waals surface area contributed by atoms with Crippen LogP contribution in [0.4, 0.5) is 0 Å². The van der Waals surface area contributed by atoms with Crippen molar-refractivity contribution in [1.82, 2.24) is 30.8 Å². The maximum absolute atomic E-state index is 14.4. The summed E-state index contributed by atoms with van der Waals surface area (Å²) in [5, 5.41) is 8.86. The van der Waals surface area contributed by atoms with Crippen molar-refractivity contribution in [1.29, 1.82) is 0 Å². The monoisotopic (exact) mass is 854 g/mol. The highest BCUT2D eigenvalue weighted by atomic mass is 16.2. The Hall–Kier alpha value is -5.14. The minimum absolute atomic E-state index is 0.0108. The number of hydrogen-bond acceptors (Lipinski definition) is 10. The molecule has 6 atom stereocenters. The van der Waals surface area contributed by atoms with E-state index < -0.39 is 59.3 Å². The number of nitrogens with zero attached hydrogens (tertiary/aromatic N) is 3. The topological polar surface area (TPSA) is 202 Å². The fourth-order valence-corrected chi connectivity index (χ4v) is 9.79. The number of nitrogens with one attached hydrogen (secondary N) is 3. The molecule has 3 aliphatic rings. The van der Waals surface area contributed by atoms with E-state index >= 15 is 0 Å². The number of hydrogen-bond donors (Lipinski definition) is 3. The average molecular weight is 855 g/mol. The highest BCUT2D eigenvalue weighted by molar-refractivity contribution is 6.38. The van der Waals surface area contributed by atoms with E-state index in [1.165, 1.54) is 23.5 Å². The summed E-state index contributed by atoms with van der Waals surface area (Å²) in [6.45, 7) is 1.87. The van der Waals surface area contributed by atoms with E-state index in [4.69, 9.17) is 0 Å². The van der Waals surface area contributed by atoms with Gasteiger partial charge in [-0.1, -0.05) is 88.6 Å². The van der Waals surface area contributed by atoms with Crippen LogP contribution in [0.25, 0.3) is 0 Å². The van der Waals surface area contributed by atoms with Gasteiger partial charge in [0.25, 0.3) is 5.91 Å². The molecule has 1 aromatic heterocycles. The molecule has 3 saturated carbocycles. The van der Waals surface area contributed by atoms with Crippen LogP contribution in [0.1, 0.15) is 151 Å². The summed E-state index contributed by atoms with van der Waals surface area (Å²) >= 11 is 0. The Labute approximate surface area is 365 Å². The zero-order valence-corrected chi connectivity index (χ0v) is 36.8. The predicted molar refractivity (Wildman–Crippen MR) is 232 cm³/mol. The first-order valence-electron chi connectivity index (χ1n) is 22.9. The van der Waals surface area contributed by atoms with Crippen LogP contribution in [0.5, 0.6) is 0 Å². The highest BCUT2D eigenvalue weighted by Gasteiger charge is 2.41. The maximum atomic E-state index is 14.4. The SMILES string of the molecule is CCC[C@H](CC(=O)[C@@H]1CCC[C@@H]1NC(=O)[C@@H](CC(=O)[C@@H](NC(=O)c1cnccn1)C1CCCCC1)C1CCCCC1)C(=O)C(=O)CCC(=O)N[C@H](C(=O)N(C)C)c1ccccc1. The summed E-state index contributed by atoms with van der Waals surface area (Å²) < 4.78 is 0. The molecule has 14 heteroatoms. The number of ketones is 4. The van der Waals surface area contributed by atoms with Crippen molar-refractivity contribution in [2.75, 3.05) is 14.1 Å². The van der Waals surface area contributed by atoms with Gasteiger partial charge in [-0.25, -0.2) is 4.98 Å². The first kappa shape index (κ1) is 47.9. The molecule has 62 heavy (non-hydrogen) atoms. The zero-order valence-electron chi connectivity index (χ0n) is 36.8. The Bertz CT molecular complexity index is 1860. The highest BCUT2D eigenvalue weighted by Crippen LogP contribution is 2.36. The lowest BCUT2D eigenvalue weighted by Crippen LogP contribution is -2.50. The van der Waals surface area contributed by atoms with Gasteiger partial charge in [0.15, 0.2) is 11.6 Å². The van der Waals surface area contributed by atoms with Gasteiger partial charge in [0.1, 0.15) is 17.5 Å². The Kier molecular flexibility index (Phi) is 18.5. The minimum atomic E-state index is -0.949. The Morgan fingerprint density at radius 3 is 2.06 bits per heavy atom. The van der Waals surface area contributed by atoms with Gasteiger partial charge in [-0.2, -0.15) is 0 Å². The molecule has 0 unspecified atom stereocenters. The van der Waals surface area contributed by atoms with Crippen LogP contribution in [0.2, 0.25) is 0 Å².